The molecule has 1 fully saturated rings. The fraction of sp³-hybridized carbons (Fsp3) is 0.500. The second kappa shape index (κ2) is 9.55. The van der Waals surface area contributed by atoms with E-state index in [1.165, 1.54) is 0 Å². The first-order chi connectivity index (χ1) is 15.7. The lowest BCUT2D eigenvalue weighted by Gasteiger charge is -2.35. The van der Waals surface area contributed by atoms with Crippen LogP contribution >= 0.6 is 11.6 Å². The Morgan fingerprint density at radius 1 is 1.24 bits per heavy atom. The summed E-state index contributed by atoms with van der Waals surface area (Å²) in [4.78, 5) is 37.6. The summed E-state index contributed by atoms with van der Waals surface area (Å²) in [5.41, 5.74) is 1.09. The summed E-state index contributed by atoms with van der Waals surface area (Å²) < 4.78 is 11.1. The van der Waals surface area contributed by atoms with E-state index in [1.807, 2.05) is 32.9 Å². The van der Waals surface area contributed by atoms with Crippen molar-refractivity contribution in [1.82, 2.24) is 14.9 Å². The molecule has 0 spiro atoms. The van der Waals surface area contributed by atoms with E-state index in [1.54, 1.807) is 28.1 Å². The molecular formula is C24H29ClN4O4. The first-order valence-electron chi connectivity index (χ1n) is 11.2. The minimum Gasteiger partial charge on any atom is -0.493 e. The van der Waals surface area contributed by atoms with E-state index in [-0.39, 0.29) is 23.2 Å². The summed E-state index contributed by atoms with van der Waals surface area (Å²) in [7, 11) is 0. The number of hydrogen-bond donors (Lipinski definition) is 0. The van der Waals surface area contributed by atoms with Gasteiger partial charge in [0.15, 0.2) is 0 Å². The fourth-order valence-corrected chi connectivity index (χ4v) is 4.26. The number of piperidine rings is 1. The van der Waals surface area contributed by atoms with Crippen LogP contribution in [0.15, 0.2) is 30.5 Å². The van der Waals surface area contributed by atoms with E-state index >= 15 is 0 Å². The highest BCUT2D eigenvalue weighted by Gasteiger charge is 2.30. The average molecular weight is 473 g/mol. The fourth-order valence-electron chi connectivity index (χ4n) is 4.12. The largest absolute Gasteiger partial charge is 0.493 e. The summed E-state index contributed by atoms with van der Waals surface area (Å²) in [6.07, 6.45) is 3.57. The summed E-state index contributed by atoms with van der Waals surface area (Å²) in [5, 5.41) is 0.0902. The SMILES string of the molecule is CC(C)(C)OC(=O)N1CCC(CN(C(=O)c2ccc3c(c2)CCO3)c2ccnc(Cl)n2)CC1. The van der Waals surface area contributed by atoms with Crippen molar-refractivity contribution in [1.29, 1.82) is 0 Å². The van der Waals surface area contributed by atoms with Crippen molar-refractivity contribution in [3.8, 4) is 5.75 Å². The maximum Gasteiger partial charge on any atom is 0.410 e. The van der Waals surface area contributed by atoms with Crippen molar-refractivity contribution in [2.75, 3.05) is 31.1 Å². The van der Waals surface area contributed by atoms with Crippen molar-refractivity contribution < 1.29 is 19.1 Å². The number of nitrogens with zero attached hydrogens (tertiary/aromatic N) is 4. The minimum absolute atomic E-state index is 0.0902. The van der Waals surface area contributed by atoms with Gasteiger partial charge in [0, 0.05) is 37.8 Å². The maximum absolute atomic E-state index is 13.6. The van der Waals surface area contributed by atoms with Crippen LogP contribution in [0, 0.1) is 5.92 Å². The summed E-state index contributed by atoms with van der Waals surface area (Å²) in [5.74, 6) is 1.36. The Balaban J connectivity index is 1.49. The zero-order valence-electron chi connectivity index (χ0n) is 19.2. The number of benzene rings is 1. The molecule has 2 amide bonds. The molecule has 0 radical (unpaired) electrons. The predicted octanol–water partition coefficient (Wildman–Crippen LogP) is 4.36. The monoisotopic (exact) mass is 472 g/mol. The van der Waals surface area contributed by atoms with Crippen LogP contribution in [0.25, 0.3) is 0 Å². The van der Waals surface area contributed by atoms with Crippen LogP contribution in [0.4, 0.5) is 10.6 Å². The van der Waals surface area contributed by atoms with Crippen molar-refractivity contribution in [3.05, 3.63) is 46.9 Å². The number of carbonyl (C=O) groups excluding carboxylic acids is 2. The highest BCUT2D eigenvalue weighted by Crippen LogP contribution is 2.28. The number of anilines is 1. The topological polar surface area (TPSA) is 84.9 Å². The first kappa shape index (κ1) is 23.3. The summed E-state index contributed by atoms with van der Waals surface area (Å²) >= 11 is 6.03. The molecular weight excluding hydrogens is 444 g/mol. The Kier molecular flexibility index (Phi) is 6.74. The molecule has 0 N–H and O–H groups in total. The second-order valence-electron chi connectivity index (χ2n) is 9.43. The third kappa shape index (κ3) is 5.74. The normalized spacial score (nSPS) is 16.2. The molecule has 4 rings (SSSR count). The lowest BCUT2D eigenvalue weighted by atomic mass is 9.96. The molecule has 33 heavy (non-hydrogen) atoms. The van der Waals surface area contributed by atoms with Crippen LogP contribution in [-0.2, 0) is 11.2 Å². The molecule has 1 aromatic heterocycles. The van der Waals surface area contributed by atoms with Gasteiger partial charge >= 0.3 is 6.09 Å². The molecule has 1 aromatic carbocycles. The number of ether oxygens (including phenoxy) is 2. The number of halogens is 1. The zero-order chi connectivity index (χ0) is 23.6. The van der Waals surface area contributed by atoms with Crippen LogP contribution in [0.2, 0.25) is 5.28 Å². The van der Waals surface area contributed by atoms with Gasteiger partial charge in [-0.05, 0) is 81.0 Å². The molecule has 0 unspecified atom stereocenters. The van der Waals surface area contributed by atoms with Gasteiger partial charge < -0.3 is 14.4 Å². The molecule has 3 heterocycles. The van der Waals surface area contributed by atoms with Crippen LogP contribution in [0.1, 0.15) is 49.5 Å². The standard InChI is InChI=1S/C24H29ClN4O4/c1-24(2,3)33-23(31)28-11-7-16(8-12-28)15-29(20-6-10-26-22(25)27-20)21(30)18-4-5-19-17(14-18)9-13-32-19/h4-6,10,14,16H,7-9,11-13,15H2,1-3H3. The van der Waals surface area contributed by atoms with Gasteiger partial charge in [-0.15, -0.1) is 0 Å². The van der Waals surface area contributed by atoms with Gasteiger partial charge in [-0.2, -0.15) is 0 Å². The second-order valence-corrected chi connectivity index (χ2v) is 9.77. The quantitative estimate of drug-likeness (QED) is 0.615. The van der Waals surface area contributed by atoms with Crippen LogP contribution in [-0.4, -0.2) is 58.7 Å². The molecule has 9 heteroatoms. The third-order valence-corrected chi connectivity index (χ3v) is 5.96. The molecule has 0 aliphatic carbocycles. The van der Waals surface area contributed by atoms with Crippen molar-refractivity contribution >= 4 is 29.4 Å². The minimum atomic E-state index is -0.523. The van der Waals surface area contributed by atoms with Crippen molar-refractivity contribution in [2.45, 2.75) is 45.6 Å². The Morgan fingerprint density at radius 3 is 2.70 bits per heavy atom. The van der Waals surface area contributed by atoms with E-state index in [0.29, 0.717) is 37.6 Å². The first-order valence-corrected chi connectivity index (χ1v) is 11.6. The van der Waals surface area contributed by atoms with Gasteiger partial charge in [0.1, 0.15) is 17.2 Å². The number of rotatable bonds is 4. The summed E-state index contributed by atoms with van der Waals surface area (Å²) in [6.45, 7) is 7.86. The van der Waals surface area contributed by atoms with Crippen LogP contribution in [0.3, 0.4) is 0 Å². The highest BCUT2D eigenvalue weighted by atomic mass is 35.5. The number of fused-ring (bicyclic) bond motifs is 1. The smallest absolute Gasteiger partial charge is 0.410 e. The Labute approximate surface area is 198 Å². The van der Waals surface area contributed by atoms with Crippen LogP contribution in [0.5, 0.6) is 5.75 Å². The molecule has 1 saturated heterocycles. The zero-order valence-corrected chi connectivity index (χ0v) is 20.0. The Bertz CT molecular complexity index is 1030. The van der Waals surface area contributed by atoms with Gasteiger partial charge in [0.2, 0.25) is 5.28 Å². The number of likely N-dealkylation sites (tertiary alicyclic amines) is 1. The van der Waals surface area contributed by atoms with E-state index < -0.39 is 5.60 Å². The van der Waals surface area contributed by atoms with E-state index in [2.05, 4.69) is 9.97 Å². The molecule has 0 bridgehead atoms. The number of amides is 2. The molecule has 0 saturated carbocycles. The van der Waals surface area contributed by atoms with Crippen molar-refractivity contribution in [2.24, 2.45) is 5.92 Å². The lowest BCUT2D eigenvalue weighted by molar-refractivity contribution is 0.0185. The predicted molar refractivity (Wildman–Crippen MR) is 125 cm³/mol. The van der Waals surface area contributed by atoms with Crippen molar-refractivity contribution in [3.63, 3.8) is 0 Å². The van der Waals surface area contributed by atoms with E-state index in [0.717, 1.165) is 30.6 Å². The number of carbonyl (C=O) groups is 2. The average Bonchev–Trinajstić information content (AvgIpc) is 3.24. The molecule has 0 atom stereocenters. The third-order valence-electron chi connectivity index (χ3n) is 5.78. The van der Waals surface area contributed by atoms with Gasteiger partial charge in [0.25, 0.3) is 5.91 Å². The number of hydrogen-bond acceptors (Lipinski definition) is 6. The van der Waals surface area contributed by atoms with Crippen LogP contribution < -0.4 is 9.64 Å². The number of aromatic nitrogens is 2. The highest BCUT2D eigenvalue weighted by molar-refractivity contribution is 6.28. The molecule has 8 nitrogen and oxygen atoms in total. The van der Waals surface area contributed by atoms with Gasteiger partial charge in [-0.25, -0.2) is 14.8 Å². The van der Waals surface area contributed by atoms with Gasteiger partial charge in [-0.3, -0.25) is 9.69 Å². The molecule has 176 valence electrons. The Morgan fingerprint density at radius 2 is 2.00 bits per heavy atom. The van der Waals surface area contributed by atoms with E-state index in [9.17, 15) is 9.59 Å². The molecule has 2 aliphatic heterocycles. The van der Waals surface area contributed by atoms with Gasteiger partial charge in [-0.1, -0.05) is 0 Å². The van der Waals surface area contributed by atoms with Gasteiger partial charge in [0.05, 0.1) is 6.61 Å². The molecule has 2 aliphatic rings. The molecule has 2 aromatic rings. The summed E-state index contributed by atoms with van der Waals surface area (Å²) in [6, 6.07) is 7.22. The maximum atomic E-state index is 13.6. The lowest BCUT2D eigenvalue weighted by Crippen LogP contribution is -2.45. The Hall–Kier alpha value is -2.87. The van der Waals surface area contributed by atoms with E-state index in [4.69, 9.17) is 21.1 Å².